The number of aliphatic imine (C=N–C) groups is 1. The lowest BCUT2D eigenvalue weighted by molar-refractivity contribution is 0.565. The first-order valence-corrected chi connectivity index (χ1v) is 3.76. The maximum Gasteiger partial charge on any atom is 0.242 e. The smallest absolute Gasteiger partial charge is 0.242 e. The third-order valence-electron chi connectivity index (χ3n) is 1.58. The van der Waals surface area contributed by atoms with Crippen LogP contribution in [-0.4, -0.2) is 15.6 Å². The van der Waals surface area contributed by atoms with Gasteiger partial charge < -0.3 is 4.57 Å². The molecule has 0 saturated heterocycles. The van der Waals surface area contributed by atoms with Crippen LogP contribution in [0, 0.1) is 0 Å². The quantitative estimate of drug-likeness (QED) is 0.492. The van der Waals surface area contributed by atoms with E-state index in [1.54, 1.807) is 6.20 Å². The molecule has 0 unspecified atom stereocenters. The molecule has 0 bridgehead atoms. The summed E-state index contributed by atoms with van der Waals surface area (Å²) in [5.41, 5.74) is 0. The number of isocyanates is 1. The minimum Gasteiger partial charge on any atom is -0.335 e. The lowest BCUT2D eigenvalue weighted by atomic mass is 10.2. The molecule has 0 atom stereocenters. The van der Waals surface area contributed by atoms with Crippen molar-refractivity contribution in [2.45, 2.75) is 19.8 Å². The summed E-state index contributed by atoms with van der Waals surface area (Å²) in [5, 5.41) is 0. The molecule has 0 saturated carbocycles. The Morgan fingerprint density at radius 3 is 2.75 bits per heavy atom. The Hall–Kier alpha value is -1.41. The summed E-state index contributed by atoms with van der Waals surface area (Å²) in [6.45, 7) is 4.08. The van der Waals surface area contributed by atoms with E-state index in [0.717, 1.165) is 5.82 Å². The van der Waals surface area contributed by atoms with Gasteiger partial charge in [-0.25, -0.2) is 9.78 Å². The summed E-state index contributed by atoms with van der Waals surface area (Å²) in [6.07, 6.45) is 3.17. The molecule has 1 aromatic rings. The third kappa shape index (κ3) is 1.60. The van der Waals surface area contributed by atoms with Crippen molar-refractivity contribution in [3.8, 4) is 0 Å². The summed E-state index contributed by atoms with van der Waals surface area (Å²) < 4.78 is 1.86. The highest BCUT2D eigenvalue weighted by molar-refractivity contribution is 5.43. The van der Waals surface area contributed by atoms with Gasteiger partial charge in [-0.1, -0.05) is 13.8 Å². The summed E-state index contributed by atoms with van der Waals surface area (Å²) in [5.74, 6) is 1.69. The minimum absolute atomic E-state index is 0.339. The molecule has 0 aliphatic rings. The lowest BCUT2D eigenvalue weighted by Crippen LogP contribution is -1.98. The fourth-order valence-corrected chi connectivity index (χ4v) is 1.10. The van der Waals surface area contributed by atoms with Crippen LogP contribution in [0.2, 0.25) is 0 Å². The van der Waals surface area contributed by atoms with Crippen molar-refractivity contribution in [2.24, 2.45) is 12.0 Å². The molecule has 0 spiro atoms. The van der Waals surface area contributed by atoms with E-state index in [-0.39, 0.29) is 0 Å². The van der Waals surface area contributed by atoms with Gasteiger partial charge in [-0.05, 0) is 0 Å². The molecule has 12 heavy (non-hydrogen) atoms. The second-order valence-electron chi connectivity index (χ2n) is 2.93. The van der Waals surface area contributed by atoms with Crippen molar-refractivity contribution >= 4 is 11.9 Å². The number of imidazole rings is 1. The number of aryl methyl sites for hydroxylation is 1. The van der Waals surface area contributed by atoms with Gasteiger partial charge in [0.25, 0.3) is 0 Å². The standard InChI is InChI=1S/C8H11N3O/c1-6(2)8-10-7(9-5-12)4-11(8)3/h4,6H,1-3H3. The van der Waals surface area contributed by atoms with Gasteiger partial charge in [0.2, 0.25) is 6.08 Å². The highest BCUT2D eigenvalue weighted by atomic mass is 16.1. The fourth-order valence-electron chi connectivity index (χ4n) is 1.10. The van der Waals surface area contributed by atoms with Gasteiger partial charge in [0.15, 0.2) is 5.82 Å². The number of hydrogen-bond donors (Lipinski definition) is 0. The van der Waals surface area contributed by atoms with Gasteiger partial charge in [-0.15, -0.1) is 4.99 Å². The predicted molar refractivity (Wildman–Crippen MR) is 45.1 cm³/mol. The molecule has 0 fully saturated rings. The number of aromatic nitrogens is 2. The van der Waals surface area contributed by atoms with Crippen molar-refractivity contribution < 1.29 is 4.79 Å². The van der Waals surface area contributed by atoms with E-state index in [0.29, 0.717) is 11.7 Å². The largest absolute Gasteiger partial charge is 0.335 e. The Bertz CT molecular complexity index is 321. The van der Waals surface area contributed by atoms with Crippen molar-refractivity contribution in [2.75, 3.05) is 0 Å². The average molecular weight is 165 g/mol. The lowest BCUT2D eigenvalue weighted by Gasteiger charge is -2.02. The van der Waals surface area contributed by atoms with Crippen LogP contribution in [0.15, 0.2) is 11.2 Å². The summed E-state index contributed by atoms with van der Waals surface area (Å²) in [4.78, 5) is 17.5. The Morgan fingerprint density at radius 1 is 1.67 bits per heavy atom. The SMILES string of the molecule is CC(C)c1nc(N=C=O)cn1C. The molecule has 0 aromatic carbocycles. The third-order valence-corrected chi connectivity index (χ3v) is 1.58. The first-order chi connectivity index (χ1) is 5.65. The summed E-state index contributed by atoms with van der Waals surface area (Å²) in [7, 11) is 1.88. The van der Waals surface area contributed by atoms with Crippen molar-refractivity contribution in [1.29, 1.82) is 0 Å². The molecule has 1 heterocycles. The number of nitrogens with zero attached hydrogens (tertiary/aromatic N) is 3. The molecule has 1 rings (SSSR count). The first-order valence-electron chi connectivity index (χ1n) is 3.76. The van der Waals surface area contributed by atoms with Crippen LogP contribution in [0.5, 0.6) is 0 Å². The van der Waals surface area contributed by atoms with Crippen LogP contribution in [-0.2, 0) is 11.8 Å². The minimum atomic E-state index is 0.339. The molecule has 64 valence electrons. The molecular formula is C8H11N3O. The number of carbonyl (C=O) groups excluding carboxylic acids is 1. The fraction of sp³-hybridized carbons (Fsp3) is 0.500. The van der Waals surface area contributed by atoms with Gasteiger partial charge in [0.1, 0.15) is 5.82 Å². The Balaban J connectivity index is 3.08. The molecule has 0 aliphatic carbocycles. The van der Waals surface area contributed by atoms with Gasteiger partial charge in [-0.2, -0.15) is 0 Å². The zero-order chi connectivity index (χ0) is 9.14. The molecule has 4 nitrogen and oxygen atoms in total. The molecule has 4 heteroatoms. The van der Waals surface area contributed by atoms with E-state index in [9.17, 15) is 4.79 Å². The van der Waals surface area contributed by atoms with Crippen molar-refractivity contribution in [3.05, 3.63) is 12.0 Å². The normalized spacial score (nSPS) is 10.0. The highest BCUT2D eigenvalue weighted by Crippen LogP contribution is 2.16. The molecule has 0 amide bonds. The monoisotopic (exact) mass is 165 g/mol. The first kappa shape index (κ1) is 8.68. The predicted octanol–water partition coefficient (Wildman–Crippen LogP) is 1.51. The maximum absolute atomic E-state index is 9.92. The van der Waals surface area contributed by atoms with Gasteiger partial charge in [-0.3, -0.25) is 0 Å². The van der Waals surface area contributed by atoms with E-state index in [1.807, 2.05) is 25.5 Å². The number of rotatable bonds is 2. The summed E-state index contributed by atoms with van der Waals surface area (Å²) in [6, 6.07) is 0. The van der Waals surface area contributed by atoms with Gasteiger partial charge in [0, 0.05) is 13.0 Å². The second kappa shape index (κ2) is 3.32. The van der Waals surface area contributed by atoms with E-state index < -0.39 is 0 Å². The van der Waals surface area contributed by atoms with Crippen LogP contribution in [0.3, 0.4) is 0 Å². The Morgan fingerprint density at radius 2 is 2.33 bits per heavy atom. The van der Waals surface area contributed by atoms with Gasteiger partial charge >= 0.3 is 0 Å². The Kier molecular flexibility index (Phi) is 2.41. The van der Waals surface area contributed by atoms with Crippen molar-refractivity contribution in [3.63, 3.8) is 0 Å². The molecule has 0 radical (unpaired) electrons. The zero-order valence-electron chi connectivity index (χ0n) is 7.40. The molecule has 0 N–H and O–H groups in total. The summed E-state index contributed by atoms with van der Waals surface area (Å²) >= 11 is 0. The van der Waals surface area contributed by atoms with E-state index in [4.69, 9.17) is 0 Å². The average Bonchev–Trinajstić information content (AvgIpc) is 2.32. The maximum atomic E-state index is 9.92. The zero-order valence-corrected chi connectivity index (χ0v) is 7.40. The van der Waals surface area contributed by atoms with Crippen LogP contribution >= 0.6 is 0 Å². The Labute approximate surface area is 71.0 Å². The van der Waals surface area contributed by atoms with Gasteiger partial charge in [0.05, 0.1) is 6.20 Å². The number of hydrogen-bond acceptors (Lipinski definition) is 3. The van der Waals surface area contributed by atoms with E-state index >= 15 is 0 Å². The topological polar surface area (TPSA) is 47.2 Å². The highest BCUT2D eigenvalue weighted by Gasteiger charge is 2.07. The van der Waals surface area contributed by atoms with Crippen LogP contribution in [0.4, 0.5) is 5.82 Å². The van der Waals surface area contributed by atoms with Crippen molar-refractivity contribution in [1.82, 2.24) is 9.55 Å². The molecule has 1 aromatic heterocycles. The van der Waals surface area contributed by atoms with Crippen LogP contribution in [0.25, 0.3) is 0 Å². The van der Waals surface area contributed by atoms with E-state index in [2.05, 4.69) is 9.98 Å². The molecule has 0 aliphatic heterocycles. The van der Waals surface area contributed by atoms with Crippen LogP contribution in [0.1, 0.15) is 25.6 Å². The second-order valence-corrected chi connectivity index (χ2v) is 2.93. The molecular weight excluding hydrogens is 154 g/mol. The van der Waals surface area contributed by atoms with Crippen LogP contribution < -0.4 is 0 Å². The van der Waals surface area contributed by atoms with E-state index in [1.165, 1.54) is 6.08 Å².